The first kappa shape index (κ1) is 19.7. The van der Waals surface area contributed by atoms with Crippen molar-refractivity contribution in [1.29, 1.82) is 0 Å². The van der Waals surface area contributed by atoms with Gasteiger partial charge in [-0.2, -0.15) is 17.5 Å². The summed E-state index contributed by atoms with van der Waals surface area (Å²) in [4.78, 5) is 12.6. The van der Waals surface area contributed by atoms with Crippen LogP contribution in [0, 0.1) is 0 Å². The summed E-state index contributed by atoms with van der Waals surface area (Å²) in [6.45, 7) is 1.96. The number of sulfonamides is 1. The molecule has 1 aromatic carbocycles. The second-order valence-corrected chi connectivity index (χ2v) is 7.69. The molecule has 0 aromatic heterocycles. The highest BCUT2D eigenvalue weighted by molar-refractivity contribution is 7.89. The molecule has 1 saturated heterocycles. The molecule has 0 radical (unpaired) electrons. The molecule has 1 heterocycles. The summed E-state index contributed by atoms with van der Waals surface area (Å²) in [5, 5.41) is -0.277. The lowest BCUT2D eigenvalue weighted by molar-refractivity contribution is -0.137. The highest BCUT2D eigenvalue weighted by Crippen LogP contribution is 2.34. The van der Waals surface area contributed by atoms with Crippen LogP contribution in [0.3, 0.4) is 0 Å². The van der Waals surface area contributed by atoms with Crippen LogP contribution in [0.4, 0.5) is 13.2 Å². The van der Waals surface area contributed by atoms with Gasteiger partial charge in [0.25, 0.3) is 0 Å². The standard InChI is InChI=1S/C15H16ClF3N2O3S/c1-2-3-14(22)20-6-8-21(9-7-20)25(23,24)13-10-11(15(17,18)19)4-5-12(13)16/h2-5,10H,6-9H2,1H3/b3-2+. The van der Waals surface area contributed by atoms with E-state index in [9.17, 15) is 26.4 Å². The van der Waals surface area contributed by atoms with E-state index in [1.165, 1.54) is 11.0 Å². The van der Waals surface area contributed by atoms with Crippen LogP contribution >= 0.6 is 11.6 Å². The Hall–Kier alpha value is -1.58. The molecule has 1 aromatic rings. The highest BCUT2D eigenvalue weighted by atomic mass is 35.5. The largest absolute Gasteiger partial charge is 0.416 e. The van der Waals surface area contributed by atoms with Gasteiger partial charge >= 0.3 is 6.18 Å². The molecule has 0 spiro atoms. The van der Waals surface area contributed by atoms with E-state index in [-0.39, 0.29) is 37.1 Å². The number of carbonyl (C=O) groups is 1. The van der Waals surface area contributed by atoms with Crippen LogP contribution in [0.15, 0.2) is 35.2 Å². The number of rotatable bonds is 3. The topological polar surface area (TPSA) is 57.7 Å². The van der Waals surface area contributed by atoms with Crippen LogP contribution < -0.4 is 0 Å². The normalized spacial score (nSPS) is 17.2. The average molecular weight is 397 g/mol. The molecule has 1 aliphatic heterocycles. The Bertz CT molecular complexity index is 786. The van der Waals surface area contributed by atoms with Crippen LogP contribution in [0.2, 0.25) is 5.02 Å². The molecule has 10 heteroatoms. The summed E-state index contributed by atoms with van der Waals surface area (Å²) in [7, 11) is -4.19. The van der Waals surface area contributed by atoms with Crippen molar-refractivity contribution in [1.82, 2.24) is 9.21 Å². The van der Waals surface area contributed by atoms with Crippen molar-refractivity contribution in [3.63, 3.8) is 0 Å². The lowest BCUT2D eigenvalue weighted by Gasteiger charge is -2.33. The Morgan fingerprint density at radius 3 is 2.32 bits per heavy atom. The number of carbonyl (C=O) groups excluding carboxylic acids is 1. The van der Waals surface area contributed by atoms with Gasteiger partial charge in [0, 0.05) is 26.2 Å². The number of benzene rings is 1. The summed E-state index contributed by atoms with van der Waals surface area (Å²) < 4.78 is 64.8. The highest BCUT2D eigenvalue weighted by Gasteiger charge is 2.35. The minimum atomic E-state index is -4.67. The van der Waals surface area contributed by atoms with Crippen LogP contribution in [-0.4, -0.2) is 49.7 Å². The van der Waals surface area contributed by atoms with Crippen molar-refractivity contribution in [2.75, 3.05) is 26.2 Å². The number of halogens is 4. The predicted molar refractivity (Wildman–Crippen MR) is 86.6 cm³/mol. The summed E-state index contributed by atoms with van der Waals surface area (Å²) in [5.41, 5.74) is -1.09. The van der Waals surface area contributed by atoms with Crippen molar-refractivity contribution in [2.24, 2.45) is 0 Å². The first-order valence-corrected chi connectivity index (χ1v) is 9.17. The fraction of sp³-hybridized carbons (Fsp3) is 0.400. The monoisotopic (exact) mass is 396 g/mol. The van der Waals surface area contributed by atoms with Gasteiger partial charge in [-0.25, -0.2) is 8.42 Å². The van der Waals surface area contributed by atoms with Gasteiger partial charge in [-0.05, 0) is 31.2 Å². The van der Waals surface area contributed by atoms with Gasteiger partial charge in [-0.3, -0.25) is 4.79 Å². The Morgan fingerprint density at radius 2 is 1.80 bits per heavy atom. The van der Waals surface area contributed by atoms with Crippen molar-refractivity contribution < 1.29 is 26.4 Å². The van der Waals surface area contributed by atoms with Gasteiger partial charge < -0.3 is 4.90 Å². The number of nitrogens with zero attached hydrogens (tertiary/aromatic N) is 2. The number of allylic oxidation sites excluding steroid dienone is 1. The molecule has 5 nitrogen and oxygen atoms in total. The first-order chi connectivity index (χ1) is 11.6. The second-order valence-electron chi connectivity index (χ2n) is 5.37. The van der Waals surface area contributed by atoms with E-state index in [0.29, 0.717) is 6.07 Å². The van der Waals surface area contributed by atoms with Gasteiger partial charge in [0.15, 0.2) is 0 Å². The molecular formula is C15H16ClF3N2O3S. The zero-order chi connectivity index (χ0) is 18.8. The van der Waals surface area contributed by atoms with E-state index < -0.39 is 26.7 Å². The molecule has 0 aliphatic carbocycles. The van der Waals surface area contributed by atoms with Crippen molar-refractivity contribution >= 4 is 27.5 Å². The molecular weight excluding hydrogens is 381 g/mol. The molecule has 0 atom stereocenters. The van der Waals surface area contributed by atoms with Crippen LogP contribution in [0.1, 0.15) is 12.5 Å². The summed E-state index contributed by atoms with van der Waals surface area (Å²) in [6.07, 6.45) is -1.73. The zero-order valence-corrected chi connectivity index (χ0v) is 14.8. The van der Waals surface area contributed by atoms with Gasteiger partial charge in [0.1, 0.15) is 4.90 Å². The van der Waals surface area contributed by atoms with E-state index >= 15 is 0 Å². The van der Waals surface area contributed by atoms with Gasteiger partial charge in [0.2, 0.25) is 15.9 Å². The molecule has 2 rings (SSSR count). The van der Waals surface area contributed by atoms with Crippen LogP contribution in [0.25, 0.3) is 0 Å². The third kappa shape index (κ3) is 4.34. The Kier molecular flexibility index (Phi) is 5.80. The fourth-order valence-corrected chi connectivity index (χ4v) is 4.34. The molecule has 0 bridgehead atoms. The molecule has 0 unspecified atom stereocenters. The summed E-state index contributed by atoms with van der Waals surface area (Å²) in [6, 6.07) is 2.19. The maximum atomic E-state index is 12.8. The predicted octanol–water partition coefficient (Wildman–Crippen LogP) is 2.77. The third-order valence-electron chi connectivity index (χ3n) is 3.74. The molecule has 0 N–H and O–H groups in total. The first-order valence-electron chi connectivity index (χ1n) is 7.36. The fourth-order valence-electron chi connectivity index (χ4n) is 2.41. The minimum Gasteiger partial charge on any atom is -0.337 e. The summed E-state index contributed by atoms with van der Waals surface area (Å²) in [5.74, 6) is -0.239. The zero-order valence-electron chi connectivity index (χ0n) is 13.3. The maximum Gasteiger partial charge on any atom is 0.416 e. The molecule has 1 fully saturated rings. The van der Waals surface area contributed by atoms with Gasteiger partial charge in [-0.1, -0.05) is 17.7 Å². The third-order valence-corrected chi connectivity index (χ3v) is 6.12. The van der Waals surface area contributed by atoms with Crippen LogP contribution in [0.5, 0.6) is 0 Å². The minimum absolute atomic E-state index is 0.0157. The van der Waals surface area contributed by atoms with E-state index in [2.05, 4.69) is 0 Å². The van der Waals surface area contributed by atoms with E-state index in [4.69, 9.17) is 11.6 Å². The van der Waals surface area contributed by atoms with E-state index in [1.54, 1.807) is 13.0 Å². The van der Waals surface area contributed by atoms with Crippen molar-refractivity contribution in [3.8, 4) is 0 Å². The van der Waals surface area contributed by atoms with E-state index in [0.717, 1.165) is 16.4 Å². The van der Waals surface area contributed by atoms with Crippen molar-refractivity contribution in [3.05, 3.63) is 40.9 Å². The lowest BCUT2D eigenvalue weighted by atomic mass is 10.2. The number of hydrogen-bond acceptors (Lipinski definition) is 3. The van der Waals surface area contributed by atoms with Crippen LogP contribution in [-0.2, 0) is 21.0 Å². The summed E-state index contributed by atoms with van der Waals surface area (Å²) >= 11 is 5.82. The second kappa shape index (κ2) is 7.35. The molecule has 1 aliphatic rings. The molecule has 138 valence electrons. The van der Waals surface area contributed by atoms with Gasteiger partial charge in [-0.15, -0.1) is 0 Å². The molecule has 25 heavy (non-hydrogen) atoms. The molecule has 0 saturated carbocycles. The van der Waals surface area contributed by atoms with E-state index in [1.807, 2.05) is 0 Å². The number of hydrogen-bond donors (Lipinski definition) is 0. The average Bonchev–Trinajstić information content (AvgIpc) is 2.54. The quantitative estimate of drug-likeness (QED) is 0.738. The lowest BCUT2D eigenvalue weighted by Crippen LogP contribution is -2.50. The smallest absolute Gasteiger partial charge is 0.337 e. The Balaban J connectivity index is 2.25. The van der Waals surface area contributed by atoms with Gasteiger partial charge in [0.05, 0.1) is 10.6 Å². The SMILES string of the molecule is C/C=C/C(=O)N1CCN(S(=O)(=O)c2cc(C(F)(F)F)ccc2Cl)CC1. The number of alkyl halides is 3. The maximum absolute atomic E-state index is 12.8. The number of amides is 1. The Labute approximate surface area is 148 Å². The molecule has 1 amide bonds. The Morgan fingerprint density at radius 1 is 1.20 bits per heavy atom. The number of piperazine rings is 1. The van der Waals surface area contributed by atoms with Crippen molar-refractivity contribution in [2.45, 2.75) is 18.0 Å².